The van der Waals surface area contributed by atoms with E-state index in [-0.39, 0.29) is 29.3 Å². The minimum Gasteiger partial charge on any atom is -0.453 e. The van der Waals surface area contributed by atoms with Crippen molar-refractivity contribution in [3.8, 4) is 0 Å². The van der Waals surface area contributed by atoms with Crippen molar-refractivity contribution in [2.75, 3.05) is 36.4 Å². The molecule has 3 fully saturated rings. The average molecular weight is 676 g/mol. The lowest BCUT2D eigenvalue weighted by atomic mass is 9.46. The molecule has 0 spiro atoms. The Morgan fingerprint density at radius 3 is 2.43 bits per heavy atom. The molecule has 0 unspecified atom stereocenters. The molecule has 8 nitrogen and oxygen atoms in total. The first-order valence-electron chi connectivity index (χ1n) is 16.7. The Morgan fingerprint density at radius 1 is 1.02 bits per heavy atom. The van der Waals surface area contributed by atoms with Crippen LogP contribution in [0.2, 0.25) is 0 Å². The summed E-state index contributed by atoms with van der Waals surface area (Å²) in [5.41, 5.74) is 7.51. The van der Waals surface area contributed by atoms with E-state index in [0.29, 0.717) is 49.5 Å². The van der Waals surface area contributed by atoms with Crippen molar-refractivity contribution < 1.29 is 28.7 Å². The van der Waals surface area contributed by atoms with Crippen LogP contribution in [0.25, 0.3) is 0 Å². The predicted molar refractivity (Wildman–Crippen MR) is 179 cm³/mol. The lowest BCUT2D eigenvalue weighted by molar-refractivity contribution is -0.193. The van der Waals surface area contributed by atoms with E-state index < -0.39 is 35.6 Å². The number of hydrogen-bond acceptors (Lipinski definition) is 8. The fourth-order valence-corrected chi connectivity index (χ4v) is 10.0. The largest absolute Gasteiger partial charge is 0.453 e. The summed E-state index contributed by atoms with van der Waals surface area (Å²) in [4.78, 5) is 53.7. The first-order chi connectivity index (χ1) is 21.9. The number of hydrogen-bond donors (Lipinski definition) is 1. The van der Waals surface area contributed by atoms with Gasteiger partial charge in [0.05, 0.1) is 0 Å². The Hall–Kier alpha value is -2.42. The summed E-state index contributed by atoms with van der Waals surface area (Å²) < 4.78 is 11.4. The van der Waals surface area contributed by atoms with Crippen LogP contribution < -0.4 is 10.6 Å². The SMILES string of the molecule is CC(=O)[C@@]1(OC(=O)COC(=O)[C@@H](N)Cc2cccc(N(CCCl)CCCl)c2)CC[C@H]2[C@@H]3CCC4=CC(=O)CC[C@]4(C)[C@H]3CC[C@@]21C. The van der Waals surface area contributed by atoms with Crippen molar-refractivity contribution in [3.05, 3.63) is 41.5 Å². The second-order valence-electron chi connectivity index (χ2n) is 14.3. The number of Topliss-reactive ketones (excluding diaryl/α,β-unsaturated/α-hetero) is 1. The first-order valence-corrected chi connectivity index (χ1v) is 17.8. The number of halogens is 2. The summed E-state index contributed by atoms with van der Waals surface area (Å²) in [6, 6.07) is 6.68. The highest BCUT2D eigenvalue weighted by molar-refractivity contribution is 6.18. The van der Waals surface area contributed by atoms with Crippen molar-refractivity contribution in [1.82, 2.24) is 0 Å². The normalized spacial score (nSPS) is 32.3. The van der Waals surface area contributed by atoms with Gasteiger partial charge in [-0.3, -0.25) is 14.4 Å². The molecule has 4 aliphatic rings. The third-order valence-electron chi connectivity index (χ3n) is 12.0. The van der Waals surface area contributed by atoms with Crippen LogP contribution in [-0.2, 0) is 35.1 Å². The maximum absolute atomic E-state index is 13.4. The number of rotatable bonds is 12. The molecule has 0 aromatic heterocycles. The molecule has 0 aliphatic heterocycles. The summed E-state index contributed by atoms with van der Waals surface area (Å²) in [5.74, 6) is 0.630. The Balaban J connectivity index is 1.21. The van der Waals surface area contributed by atoms with Crippen molar-refractivity contribution in [3.63, 3.8) is 0 Å². The van der Waals surface area contributed by atoms with Crippen molar-refractivity contribution in [2.24, 2.45) is 34.3 Å². The Morgan fingerprint density at radius 2 is 1.74 bits per heavy atom. The standard InChI is InChI=1S/C36H48Cl2N2O6/c1-23(41)36(14-11-30-28-8-7-25-21-27(42)9-12-34(25,2)29(28)10-13-35(30,36)3)46-32(43)22-45-33(44)31(39)20-24-5-4-6-26(19-24)40(17-15-37)18-16-38/h4-6,19,21,28-31H,7-18,20,22,39H2,1-3H3/t28-,29+,30+,31+,34+,35+,36+/m1/s1. The van der Waals surface area contributed by atoms with Crippen LogP contribution in [0.4, 0.5) is 5.69 Å². The van der Waals surface area contributed by atoms with Crippen molar-refractivity contribution >= 4 is 52.4 Å². The molecule has 7 atom stereocenters. The average Bonchev–Trinajstić information content (AvgIpc) is 3.33. The quantitative estimate of drug-likeness (QED) is 0.219. The van der Waals surface area contributed by atoms with Gasteiger partial charge in [-0.05, 0) is 105 Å². The predicted octanol–water partition coefficient (Wildman–Crippen LogP) is 5.79. The molecule has 2 N–H and O–H groups in total. The number of carbonyl (C=O) groups excluding carboxylic acids is 4. The number of ketones is 2. The highest BCUT2D eigenvalue weighted by atomic mass is 35.5. The van der Waals surface area contributed by atoms with E-state index in [2.05, 4.69) is 18.7 Å². The van der Waals surface area contributed by atoms with E-state index in [4.69, 9.17) is 38.4 Å². The number of ether oxygens (including phenoxy) is 2. The van der Waals surface area contributed by atoms with Crippen molar-refractivity contribution in [1.29, 1.82) is 0 Å². The minimum absolute atomic E-state index is 0.0122. The molecule has 0 radical (unpaired) electrons. The number of alkyl halides is 2. The molecule has 0 amide bonds. The molecule has 46 heavy (non-hydrogen) atoms. The fourth-order valence-electron chi connectivity index (χ4n) is 9.63. The zero-order valence-corrected chi connectivity index (χ0v) is 28.8. The lowest BCUT2D eigenvalue weighted by Gasteiger charge is -2.59. The van der Waals surface area contributed by atoms with Crippen LogP contribution in [0.5, 0.6) is 0 Å². The molecule has 0 heterocycles. The number of nitrogens with two attached hydrogens (primary N) is 1. The Kier molecular flexibility index (Phi) is 10.6. The Bertz CT molecular complexity index is 1380. The van der Waals surface area contributed by atoms with Crippen LogP contribution in [0.3, 0.4) is 0 Å². The van der Waals surface area contributed by atoms with E-state index >= 15 is 0 Å². The number of carbonyl (C=O) groups is 4. The molecular formula is C36H48Cl2N2O6. The molecule has 1 aromatic rings. The third kappa shape index (κ3) is 6.38. The fraction of sp³-hybridized carbons (Fsp3) is 0.667. The Labute approximate surface area is 282 Å². The van der Waals surface area contributed by atoms with Gasteiger partial charge in [0.2, 0.25) is 0 Å². The molecule has 252 valence electrons. The molecule has 1 aromatic carbocycles. The van der Waals surface area contributed by atoms with Gasteiger partial charge >= 0.3 is 11.9 Å². The lowest BCUT2D eigenvalue weighted by Crippen LogP contribution is -2.59. The van der Waals surface area contributed by atoms with Crippen LogP contribution in [0.15, 0.2) is 35.9 Å². The van der Waals surface area contributed by atoms with Gasteiger partial charge in [0.25, 0.3) is 0 Å². The van der Waals surface area contributed by atoms with E-state index in [1.165, 1.54) is 12.5 Å². The monoisotopic (exact) mass is 674 g/mol. The number of allylic oxidation sites excluding steroid dienone is 1. The first kappa shape index (κ1) is 34.9. The summed E-state index contributed by atoms with van der Waals surface area (Å²) >= 11 is 11.9. The van der Waals surface area contributed by atoms with Gasteiger partial charge in [-0.25, -0.2) is 4.79 Å². The molecule has 5 rings (SSSR count). The summed E-state index contributed by atoms with van der Waals surface area (Å²) in [6.45, 7) is 6.62. The molecular weight excluding hydrogens is 627 g/mol. The van der Waals surface area contributed by atoms with Gasteiger partial charge in [0.15, 0.2) is 23.8 Å². The maximum Gasteiger partial charge on any atom is 0.345 e. The summed E-state index contributed by atoms with van der Waals surface area (Å²) in [6.07, 6.45) is 8.44. The minimum atomic E-state index is -1.26. The zero-order chi connectivity index (χ0) is 33.3. The molecule has 0 saturated heterocycles. The van der Waals surface area contributed by atoms with Crippen molar-refractivity contribution in [2.45, 2.75) is 90.2 Å². The van der Waals surface area contributed by atoms with Crippen LogP contribution >= 0.6 is 23.2 Å². The highest BCUT2D eigenvalue weighted by Crippen LogP contribution is 2.68. The topological polar surface area (TPSA) is 116 Å². The number of fused-ring (bicyclic) bond motifs is 5. The number of anilines is 1. The van der Waals surface area contributed by atoms with Crippen LogP contribution in [0.1, 0.15) is 77.7 Å². The molecule has 4 aliphatic carbocycles. The van der Waals surface area contributed by atoms with E-state index in [1.807, 2.05) is 30.3 Å². The smallest absolute Gasteiger partial charge is 0.345 e. The second kappa shape index (κ2) is 14.0. The highest BCUT2D eigenvalue weighted by Gasteiger charge is 2.68. The van der Waals surface area contributed by atoms with Gasteiger partial charge in [-0.1, -0.05) is 31.6 Å². The molecule has 10 heteroatoms. The number of nitrogens with zero attached hydrogens (tertiary/aromatic N) is 1. The van der Waals surface area contributed by atoms with Crippen LogP contribution in [-0.4, -0.2) is 66.6 Å². The van der Waals surface area contributed by atoms with Gasteiger partial charge in [-0.2, -0.15) is 0 Å². The van der Waals surface area contributed by atoms with Gasteiger partial charge in [0.1, 0.15) is 6.04 Å². The van der Waals surface area contributed by atoms with Crippen LogP contribution in [0, 0.1) is 28.6 Å². The van der Waals surface area contributed by atoms with E-state index in [0.717, 1.165) is 49.8 Å². The number of benzene rings is 1. The van der Waals surface area contributed by atoms with Gasteiger partial charge in [-0.15, -0.1) is 23.2 Å². The van der Waals surface area contributed by atoms with Gasteiger partial charge < -0.3 is 20.1 Å². The second-order valence-corrected chi connectivity index (χ2v) is 15.0. The maximum atomic E-state index is 13.4. The summed E-state index contributed by atoms with van der Waals surface area (Å²) in [5, 5.41) is 0. The van der Waals surface area contributed by atoms with E-state index in [1.54, 1.807) is 0 Å². The number of esters is 2. The zero-order valence-electron chi connectivity index (χ0n) is 27.3. The van der Waals surface area contributed by atoms with Gasteiger partial charge in [0, 0.05) is 42.4 Å². The molecule has 3 saturated carbocycles. The molecule has 0 bridgehead atoms. The summed E-state index contributed by atoms with van der Waals surface area (Å²) in [7, 11) is 0. The van der Waals surface area contributed by atoms with E-state index in [9.17, 15) is 19.2 Å². The third-order valence-corrected chi connectivity index (χ3v) is 12.4.